The van der Waals surface area contributed by atoms with Gasteiger partial charge in [0.2, 0.25) is 0 Å². The van der Waals surface area contributed by atoms with Gasteiger partial charge in [0.25, 0.3) is 11.4 Å². The minimum Gasteiger partial charge on any atom is -0.463 e. The Morgan fingerprint density at radius 3 is 3.00 bits per heavy atom. The highest BCUT2D eigenvalue weighted by Gasteiger charge is 2.14. The molecule has 0 aromatic carbocycles. The molecule has 8 nitrogen and oxygen atoms in total. The molecule has 2 heterocycles. The van der Waals surface area contributed by atoms with Gasteiger partial charge in [-0.2, -0.15) is 0 Å². The van der Waals surface area contributed by atoms with Crippen LogP contribution in [0.5, 0.6) is 0 Å². The number of aromatic amines is 1. The van der Waals surface area contributed by atoms with Gasteiger partial charge in [0.15, 0.2) is 5.82 Å². The van der Waals surface area contributed by atoms with Crippen molar-refractivity contribution in [2.24, 2.45) is 0 Å². The van der Waals surface area contributed by atoms with Gasteiger partial charge in [0.05, 0.1) is 13.4 Å². The Labute approximate surface area is 103 Å². The normalized spacial score (nSPS) is 10.2. The number of methoxy groups -OCH3 is 1. The molecule has 0 aliphatic carbocycles. The fraction of sp³-hybridized carbons (Fsp3) is 0.125. The molecule has 0 amide bonds. The van der Waals surface area contributed by atoms with E-state index < -0.39 is 5.97 Å². The standard InChI is InChI=1S/C8H6BrN5O3/c1-17-8(16)5-12-3-14(13-5)6-4(9)7(15)11-2-10-6/h2-3H,1H3,(H,10,11,15). The molecule has 2 rings (SSSR count). The summed E-state index contributed by atoms with van der Waals surface area (Å²) in [5, 5.41) is 3.84. The Balaban J connectivity index is 2.47. The summed E-state index contributed by atoms with van der Waals surface area (Å²) in [7, 11) is 1.23. The van der Waals surface area contributed by atoms with Crippen LogP contribution >= 0.6 is 15.9 Å². The van der Waals surface area contributed by atoms with Crippen LogP contribution in [0.25, 0.3) is 5.82 Å². The van der Waals surface area contributed by atoms with Crippen LogP contribution in [-0.4, -0.2) is 37.8 Å². The van der Waals surface area contributed by atoms with E-state index in [-0.39, 0.29) is 21.7 Å². The molecule has 0 aliphatic heterocycles. The summed E-state index contributed by atoms with van der Waals surface area (Å²) in [6.07, 6.45) is 2.49. The van der Waals surface area contributed by atoms with E-state index in [4.69, 9.17) is 0 Å². The van der Waals surface area contributed by atoms with Gasteiger partial charge in [-0.05, 0) is 15.9 Å². The maximum Gasteiger partial charge on any atom is 0.377 e. The van der Waals surface area contributed by atoms with Gasteiger partial charge in [0.1, 0.15) is 10.8 Å². The number of nitrogens with zero attached hydrogens (tertiary/aromatic N) is 4. The second-order valence-electron chi connectivity index (χ2n) is 2.87. The molecular formula is C8H6BrN5O3. The number of rotatable bonds is 2. The minimum absolute atomic E-state index is 0.110. The lowest BCUT2D eigenvalue weighted by Gasteiger charge is -1.99. The highest BCUT2D eigenvalue weighted by molar-refractivity contribution is 9.10. The molecule has 0 saturated heterocycles. The zero-order valence-electron chi connectivity index (χ0n) is 8.55. The first-order valence-electron chi connectivity index (χ1n) is 4.37. The third-order valence-electron chi connectivity index (χ3n) is 1.85. The lowest BCUT2D eigenvalue weighted by molar-refractivity contribution is 0.0587. The van der Waals surface area contributed by atoms with E-state index in [1.54, 1.807) is 0 Å². The van der Waals surface area contributed by atoms with Crippen molar-refractivity contribution >= 4 is 21.9 Å². The monoisotopic (exact) mass is 299 g/mol. The highest BCUT2D eigenvalue weighted by atomic mass is 79.9. The molecule has 0 saturated carbocycles. The van der Waals surface area contributed by atoms with Crippen LogP contribution in [0.1, 0.15) is 10.6 Å². The van der Waals surface area contributed by atoms with Gasteiger partial charge in [-0.1, -0.05) is 0 Å². The first-order chi connectivity index (χ1) is 8.13. The lowest BCUT2D eigenvalue weighted by Crippen LogP contribution is -2.13. The second-order valence-corrected chi connectivity index (χ2v) is 3.67. The molecule has 2 aromatic rings. The number of carbonyl (C=O) groups is 1. The van der Waals surface area contributed by atoms with E-state index in [1.807, 2.05) is 0 Å². The van der Waals surface area contributed by atoms with Crippen molar-refractivity contribution in [3.05, 3.63) is 33.3 Å². The summed E-state index contributed by atoms with van der Waals surface area (Å²) >= 11 is 3.07. The molecule has 88 valence electrons. The Kier molecular flexibility index (Phi) is 3.00. The average molecular weight is 300 g/mol. The highest BCUT2D eigenvalue weighted by Crippen LogP contribution is 2.11. The number of nitrogens with one attached hydrogen (secondary N) is 1. The summed E-state index contributed by atoms with van der Waals surface area (Å²) in [6.45, 7) is 0. The average Bonchev–Trinajstić information content (AvgIpc) is 2.81. The fourth-order valence-electron chi connectivity index (χ4n) is 1.08. The number of hydrogen-bond acceptors (Lipinski definition) is 6. The molecule has 17 heavy (non-hydrogen) atoms. The van der Waals surface area contributed by atoms with Crippen LogP contribution in [-0.2, 0) is 4.74 Å². The maximum atomic E-state index is 11.3. The molecule has 0 radical (unpaired) electrons. The molecular weight excluding hydrogens is 294 g/mol. The Bertz CT molecular complexity index is 620. The molecule has 0 fully saturated rings. The van der Waals surface area contributed by atoms with E-state index in [0.29, 0.717) is 0 Å². The van der Waals surface area contributed by atoms with Crippen molar-refractivity contribution < 1.29 is 9.53 Å². The minimum atomic E-state index is -0.662. The third kappa shape index (κ3) is 2.09. The van der Waals surface area contributed by atoms with Crippen molar-refractivity contribution in [1.29, 1.82) is 0 Å². The predicted octanol–water partition coefficient (Wildman–Crippen LogP) is -0.100. The van der Waals surface area contributed by atoms with Crippen molar-refractivity contribution in [3.8, 4) is 5.82 Å². The zero-order valence-corrected chi connectivity index (χ0v) is 10.1. The summed E-state index contributed by atoms with van der Waals surface area (Å²) in [4.78, 5) is 32.5. The van der Waals surface area contributed by atoms with Crippen LogP contribution in [0, 0.1) is 0 Å². The molecule has 9 heteroatoms. The van der Waals surface area contributed by atoms with E-state index in [9.17, 15) is 9.59 Å². The maximum absolute atomic E-state index is 11.3. The molecule has 0 bridgehead atoms. The largest absolute Gasteiger partial charge is 0.463 e. The van der Waals surface area contributed by atoms with E-state index in [0.717, 1.165) is 0 Å². The Morgan fingerprint density at radius 1 is 1.53 bits per heavy atom. The van der Waals surface area contributed by atoms with Crippen LogP contribution in [0.3, 0.4) is 0 Å². The van der Waals surface area contributed by atoms with E-state index in [2.05, 4.69) is 40.7 Å². The van der Waals surface area contributed by atoms with Gasteiger partial charge in [-0.3, -0.25) is 4.79 Å². The number of H-pyrrole nitrogens is 1. The zero-order chi connectivity index (χ0) is 12.4. The number of esters is 1. The van der Waals surface area contributed by atoms with Crippen molar-refractivity contribution in [2.45, 2.75) is 0 Å². The Morgan fingerprint density at radius 2 is 2.29 bits per heavy atom. The van der Waals surface area contributed by atoms with Crippen LogP contribution < -0.4 is 5.56 Å². The second kappa shape index (κ2) is 4.45. The van der Waals surface area contributed by atoms with Crippen molar-refractivity contribution in [2.75, 3.05) is 7.11 Å². The molecule has 1 N–H and O–H groups in total. The summed E-state index contributed by atoms with van der Waals surface area (Å²) < 4.78 is 5.86. The number of ether oxygens (including phenoxy) is 1. The number of carbonyl (C=O) groups excluding carboxylic acids is 1. The molecule has 0 aliphatic rings. The first kappa shape index (κ1) is 11.5. The van der Waals surface area contributed by atoms with Gasteiger partial charge in [0, 0.05) is 0 Å². The quantitative estimate of drug-likeness (QED) is 0.777. The van der Waals surface area contributed by atoms with Gasteiger partial charge in [-0.25, -0.2) is 19.4 Å². The molecule has 0 atom stereocenters. The first-order valence-corrected chi connectivity index (χ1v) is 5.16. The smallest absolute Gasteiger partial charge is 0.377 e. The summed E-state index contributed by atoms with van der Waals surface area (Å²) in [5.74, 6) is -0.539. The third-order valence-corrected chi connectivity index (χ3v) is 2.57. The summed E-state index contributed by atoms with van der Waals surface area (Å²) in [6, 6.07) is 0. The summed E-state index contributed by atoms with van der Waals surface area (Å²) in [5.41, 5.74) is -0.356. The fourth-order valence-corrected chi connectivity index (χ4v) is 1.48. The number of hydrogen-bond donors (Lipinski definition) is 1. The van der Waals surface area contributed by atoms with Crippen molar-refractivity contribution in [3.63, 3.8) is 0 Å². The molecule has 0 spiro atoms. The number of aromatic nitrogens is 5. The molecule has 2 aromatic heterocycles. The van der Waals surface area contributed by atoms with Gasteiger partial charge in [-0.15, -0.1) is 5.10 Å². The Hall–Kier alpha value is -2.03. The predicted molar refractivity (Wildman–Crippen MR) is 58.8 cm³/mol. The van der Waals surface area contributed by atoms with Crippen LogP contribution in [0.2, 0.25) is 0 Å². The van der Waals surface area contributed by atoms with E-state index >= 15 is 0 Å². The van der Waals surface area contributed by atoms with Gasteiger partial charge < -0.3 is 9.72 Å². The van der Waals surface area contributed by atoms with E-state index in [1.165, 1.54) is 24.4 Å². The SMILES string of the molecule is COC(=O)c1ncn(-c2nc[nH]c(=O)c2Br)n1. The van der Waals surface area contributed by atoms with Crippen LogP contribution in [0.4, 0.5) is 0 Å². The molecule has 0 unspecified atom stereocenters. The van der Waals surface area contributed by atoms with Gasteiger partial charge >= 0.3 is 5.97 Å². The lowest BCUT2D eigenvalue weighted by atomic mass is 10.6. The van der Waals surface area contributed by atoms with Crippen LogP contribution in [0.15, 0.2) is 21.9 Å². The van der Waals surface area contributed by atoms with Crippen molar-refractivity contribution in [1.82, 2.24) is 24.7 Å². The number of halogens is 1. The topological polar surface area (TPSA) is 103 Å².